The highest BCUT2D eigenvalue weighted by Gasteiger charge is 2.33. The van der Waals surface area contributed by atoms with E-state index in [9.17, 15) is 4.79 Å². The lowest BCUT2D eigenvalue weighted by Gasteiger charge is -2.26. The predicted molar refractivity (Wildman–Crippen MR) is 66.6 cm³/mol. The van der Waals surface area contributed by atoms with E-state index >= 15 is 0 Å². The summed E-state index contributed by atoms with van der Waals surface area (Å²) in [5.41, 5.74) is 5.67. The summed E-state index contributed by atoms with van der Waals surface area (Å²) in [7, 11) is 0. The molecular formula is C11H18N2O3S. The molecule has 3 N–H and O–H groups in total. The second-order valence-corrected chi connectivity index (χ2v) is 4.96. The molecule has 5 nitrogen and oxygen atoms in total. The van der Waals surface area contributed by atoms with E-state index in [1.165, 1.54) is 0 Å². The minimum Gasteiger partial charge on any atom is -0.393 e. The summed E-state index contributed by atoms with van der Waals surface area (Å²) in [6, 6.07) is 0.0607. The van der Waals surface area contributed by atoms with Gasteiger partial charge >= 0.3 is 0 Å². The molecule has 1 aliphatic heterocycles. The SMILES string of the molecule is NC(=S)C1CCCC1NC(=O)C1COCCO1. The number of thiocarbonyl (C=S) groups is 1. The molecule has 3 atom stereocenters. The maximum Gasteiger partial charge on any atom is 0.251 e. The molecule has 3 unspecified atom stereocenters. The zero-order valence-electron chi connectivity index (χ0n) is 9.69. The monoisotopic (exact) mass is 258 g/mol. The van der Waals surface area contributed by atoms with Crippen LogP contribution in [-0.2, 0) is 14.3 Å². The van der Waals surface area contributed by atoms with Crippen LogP contribution >= 0.6 is 12.2 Å². The molecule has 17 heavy (non-hydrogen) atoms. The molecule has 2 rings (SSSR count). The van der Waals surface area contributed by atoms with E-state index in [2.05, 4.69) is 5.32 Å². The number of carbonyl (C=O) groups is 1. The van der Waals surface area contributed by atoms with Crippen LogP contribution in [0.4, 0.5) is 0 Å². The highest BCUT2D eigenvalue weighted by atomic mass is 32.1. The van der Waals surface area contributed by atoms with Gasteiger partial charge in [-0.05, 0) is 12.8 Å². The smallest absolute Gasteiger partial charge is 0.251 e. The van der Waals surface area contributed by atoms with Crippen LogP contribution in [0.3, 0.4) is 0 Å². The van der Waals surface area contributed by atoms with Crippen molar-refractivity contribution in [1.82, 2.24) is 5.32 Å². The number of carbonyl (C=O) groups excluding carboxylic acids is 1. The van der Waals surface area contributed by atoms with E-state index in [0.29, 0.717) is 24.8 Å². The molecule has 1 amide bonds. The third-order valence-corrected chi connectivity index (χ3v) is 3.62. The molecule has 0 spiro atoms. The van der Waals surface area contributed by atoms with Crippen molar-refractivity contribution in [2.45, 2.75) is 31.4 Å². The molecule has 0 aromatic carbocycles. The maximum absolute atomic E-state index is 11.9. The lowest BCUT2D eigenvalue weighted by Crippen LogP contribution is -2.49. The first-order valence-corrected chi connectivity index (χ1v) is 6.38. The molecule has 0 aromatic heterocycles. The summed E-state index contributed by atoms with van der Waals surface area (Å²) < 4.78 is 10.6. The lowest BCUT2D eigenvalue weighted by atomic mass is 10.0. The number of rotatable bonds is 3. The van der Waals surface area contributed by atoms with Gasteiger partial charge in [0.05, 0.1) is 24.8 Å². The van der Waals surface area contributed by atoms with Crippen molar-refractivity contribution in [3.05, 3.63) is 0 Å². The Labute approximate surface area is 106 Å². The van der Waals surface area contributed by atoms with Gasteiger partial charge in [-0.25, -0.2) is 0 Å². The second kappa shape index (κ2) is 5.75. The normalized spacial score (nSPS) is 33.3. The summed E-state index contributed by atoms with van der Waals surface area (Å²) in [4.78, 5) is 12.4. The van der Waals surface area contributed by atoms with Crippen LogP contribution in [-0.4, -0.2) is 42.9 Å². The van der Waals surface area contributed by atoms with Gasteiger partial charge in [0.2, 0.25) is 0 Å². The predicted octanol–water partition coefficient (Wildman–Crippen LogP) is -0.0272. The Balaban J connectivity index is 1.86. The van der Waals surface area contributed by atoms with Crippen LogP contribution < -0.4 is 11.1 Å². The third kappa shape index (κ3) is 3.14. The quantitative estimate of drug-likeness (QED) is 0.696. The molecular weight excluding hydrogens is 240 g/mol. The van der Waals surface area contributed by atoms with Gasteiger partial charge in [-0.1, -0.05) is 18.6 Å². The van der Waals surface area contributed by atoms with Crippen LogP contribution in [0, 0.1) is 5.92 Å². The highest BCUT2D eigenvalue weighted by molar-refractivity contribution is 7.80. The van der Waals surface area contributed by atoms with E-state index in [1.54, 1.807) is 0 Å². The van der Waals surface area contributed by atoms with Crippen LogP contribution in [0.1, 0.15) is 19.3 Å². The average Bonchev–Trinajstić information content (AvgIpc) is 2.78. The van der Waals surface area contributed by atoms with Gasteiger partial charge in [0.1, 0.15) is 0 Å². The number of hydrogen-bond acceptors (Lipinski definition) is 4. The standard InChI is InChI=1S/C11H18N2O3S/c12-10(17)7-2-1-3-8(7)13-11(14)9-6-15-4-5-16-9/h7-9H,1-6H2,(H2,12,17)(H,13,14). The van der Waals surface area contributed by atoms with Crippen LogP contribution in [0.5, 0.6) is 0 Å². The summed E-state index contributed by atoms with van der Waals surface area (Å²) >= 11 is 5.01. The van der Waals surface area contributed by atoms with Crippen molar-refractivity contribution < 1.29 is 14.3 Å². The molecule has 1 saturated carbocycles. The molecule has 2 fully saturated rings. The van der Waals surface area contributed by atoms with E-state index < -0.39 is 6.10 Å². The molecule has 1 saturated heterocycles. The fourth-order valence-electron chi connectivity index (χ4n) is 2.39. The van der Waals surface area contributed by atoms with Crippen LogP contribution in [0.2, 0.25) is 0 Å². The van der Waals surface area contributed by atoms with Crippen molar-refractivity contribution in [3.63, 3.8) is 0 Å². The lowest BCUT2D eigenvalue weighted by molar-refractivity contribution is -0.148. The summed E-state index contributed by atoms with van der Waals surface area (Å²) in [6.07, 6.45) is 2.45. The van der Waals surface area contributed by atoms with Gasteiger partial charge in [0.15, 0.2) is 6.10 Å². The fourth-order valence-corrected chi connectivity index (χ4v) is 2.67. The number of hydrogen-bond donors (Lipinski definition) is 2. The minimum atomic E-state index is -0.489. The third-order valence-electron chi connectivity index (χ3n) is 3.32. The Morgan fingerprint density at radius 2 is 2.18 bits per heavy atom. The summed E-state index contributed by atoms with van der Waals surface area (Å²) in [6.45, 7) is 1.36. The van der Waals surface area contributed by atoms with Crippen molar-refractivity contribution in [1.29, 1.82) is 0 Å². The van der Waals surface area contributed by atoms with Gasteiger partial charge in [-0.2, -0.15) is 0 Å². The molecule has 96 valence electrons. The molecule has 1 aliphatic carbocycles. The average molecular weight is 258 g/mol. The van der Waals surface area contributed by atoms with Crippen molar-refractivity contribution >= 4 is 23.1 Å². The van der Waals surface area contributed by atoms with E-state index in [-0.39, 0.29) is 17.9 Å². The Morgan fingerprint density at radius 3 is 2.82 bits per heavy atom. The molecule has 2 aliphatic rings. The number of amides is 1. The molecule has 0 aromatic rings. The Morgan fingerprint density at radius 1 is 1.35 bits per heavy atom. The van der Waals surface area contributed by atoms with Gasteiger partial charge < -0.3 is 20.5 Å². The van der Waals surface area contributed by atoms with Crippen LogP contribution in [0.15, 0.2) is 0 Å². The Kier molecular flexibility index (Phi) is 4.31. The highest BCUT2D eigenvalue weighted by Crippen LogP contribution is 2.26. The largest absolute Gasteiger partial charge is 0.393 e. The first kappa shape index (κ1) is 12.7. The summed E-state index contributed by atoms with van der Waals surface area (Å²) in [5, 5.41) is 2.97. The molecule has 1 heterocycles. The van der Waals surface area contributed by atoms with Crippen molar-refractivity contribution in [2.75, 3.05) is 19.8 Å². The second-order valence-electron chi connectivity index (χ2n) is 4.49. The van der Waals surface area contributed by atoms with Crippen molar-refractivity contribution in [3.8, 4) is 0 Å². The minimum absolute atomic E-state index is 0.0607. The molecule has 6 heteroatoms. The van der Waals surface area contributed by atoms with Gasteiger partial charge in [-0.15, -0.1) is 0 Å². The van der Waals surface area contributed by atoms with E-state index in [0.717, 1.165) is 19.3 Å². The van der Waals surface area contributed by atoms with E-state index in [1.807, 2.05) is 0 Å². The number of ether oxygens (including phenoxy) is 2. The van der Waals surface area contributed by atoms with Gasteiger partial charge in [0.25, 0.3) is 5.91 Å². The number of nitrogens with one attached hydrogen (secondary N) is 1. The zero-order chi connectivity index (χ0) is 12.3. The first-order chi connectivity index (χ1) is 8.18. The zero-order valence-corrected chi connectivity index (χ0v) is 10.5. The van der Waals surface area contributed by atoms with Crippen LogP contribution in [0.25, 0.3) is 0 Å². The fraction of sp³-hybridized carbons (Fsp3) is 0.818. The molecule has 0 bridgehead atoms. The first-order valence-electron chi connectivity index (χ1n) is 5.97. The van der Waals surface area contributed by atoms with Gasteiger partial charge in [-0.3, -0.25) is 4.79 Å². The Bertz CT molecular complexity index is 305. The Hall–Kier alpha value is -0.720. The van der Waals surface area contributed by atoms with Crippen molar-refractivity contribution in [2.24, 2.45) is 11.7 Å². The maximum atomic E-state index is 11.9. The summed E-state index contributed by atoms with van der Waals surface area (Å²) in [5.74, 6) is 0.0105. The topological polar surface area (TPSA) is 73.6 Å². The number of nitrogens with two attached hydrogens (primary N) is 1. The molecule has 0 radical (unpaired) electrons. The van der Waals surface area contributed by atoms with Gasteiger partial charge in [0, 0.05) is 12.0 Å². The van der Waals surface area contributed by atoms with E-state index in [4.69, 9.17) is 27.4 Å².